The predicted molar refractivity (Wildman–Crippen MR) is 99.4 cm³/mol. The maximum absolute atomic E-state index is 11.7. The zero-order valence-corrected chi connectivity index (χ0v) is 15.5. The highest BCUT2D eigenvalue weighted by molar-refractivity contribution is 9.10. The summed E-state index contributed by atoms with van der Waals surface area (Å²) < 4.78 is 6.48. The number of nitrogens with zero attached hydrogens (tertiary/aromatic N) is 2. The molecule has 124 valence electrons. The number of amides is 1. The van der Waals surface area contributed by atoms with Crippen LogP contribution in [0, 0.1) is 0 Å². The van der Waals surface area contributed by atoms with Crippen molar-refractivity contribution in [3.63, 3.8) is 0 Å². The molecule has 0 saturated heterocycles. The van der Waals surface area contributed by atoms with Crippen LogP contribution in [0.2, 0.25) is 0 Å². The van der Waals surface area contributed by atoms with Crippen LogP contribution in [0.5, 0.6) is 5.75 Å². The zero-order valence-electron chi connectivity index (χ0n) is 13.9. The molecule has 5 heteroatoms. The first kappa shape index (κ1) is 16.7. The highest BCUT2D eigenvalue weighted by Gasteiger charge is 2.22. The van der Waals surface area contributed by atoms with Crippen LogP contribution in [0.3, 0.4) is 0 Å². The molecule has 1 heterocycles. The summed E-state index contributed by atoms with van der Waals surface area (Å²) in [5.41, 5.74) is 4.25. The van der Waals surface area contributed by atoms with Crippen LogP contribution >= 0.6 is 15.9 Å². The van der Waals surface area contributed by atoms with Gasteiger partial charge in [-0.2, -0.15) is 5.10 Å². The molecule has 0 radical (unpaired) electrons. The third kappa shape index (κ3) is 3.08. The van der Waals surface area contributed by atoms with Crippen LogP contribution in [0.15, 0.2) is 46.0 Å². The first-order valence-electron chi connectivity index (χ1n) is 7.81. The van der Waals surface area contributed by atoms with E-state index in [0.717, 1.165) is 33.3 Å². The average molecular weight is 387 g/mol. The number of fused-ring (bicyclic) bond motifs is 1. The van der Waals surface area contributed by atoms with Crippen molar-refractivity contribution in [3.8, 4) is 16.9 Å². The predicted octanol–water partition coefficient (Wildman–Crippen LogP) is 4.25. The van der Waals surface area contributed by atoms with Crippen molar-refractivity contribution in [2.45, 2.75) is 26.3 Å². The number of hydrogen-bond donors (Lipinski definition) is 0. The normalized spacial score (nSPS) is 16.5. The van der Waals surface area contributed by atoms with Crippen molar-refractivity contribution in [3.05, 3.63) is 52.0 Å². The Labute approximate surface area is 150 Å². The molecule has 2 aromatic rings. The fraction of sp³-hybridized carbons (Fsp3) is 0.263. The van der Waals surface area contributed by atoms with E-state index in [2.05, 4.69) is 33.2 Å². The molecule has 24 heavy (non-hydrogen) atoms. The van der Waals surface area contributed by atoms with E-state index in [-0.39, 0.29) is 11.9 Å². The Morgan fingerprint density at radius 1 is 1.29 bits per heavy atom. The standard InChI is InChI=1S/C19H19BrN2O2/c1-12-8-14-10-18(20)17(16-6-4-5-7-19(16)24-3)9-15(14)11-21-22(12)13(2)23/h4-7,9-12H,8H2,1-3H3. The second-order valence-electron chi connectivity index (χ2n) is 5.89. The maximum Gasteiger partial charge on any atom is 0.239 e. The number of hydrogen-bond acceptors (Lipinski definition) is 3. The molecular formula is C19H19BrN2O2. The minimum absolute atomic E-state index is 0.0315. The number of halogens is 1. The number of methoxy groups -OCH3 is 1. The Hall–Kier alpha value is -2.14. The van der Waals surface area contributed by atoms with Crippen molar-refractivity contribution in [1.82, 2.24) is 5.01 Å². The van der Waals surface area contributed by atoms with Crippen LogP contribution in [-0.2, 0) is 11.2 Å². The minimum Gasteiger partial charge on any atom is -0.496 e. The van der Waals surface area contributed by atoms with Crippen LogP contribution in [0.1, 0.15) is 25.0 Å². The number of ether oxygens (including phenoxy) is 1. The summed E-state index contributed by atoms with van der Waals surface area (Å²) in [4.78, 5) is 11.7. The van der Waals surface area contributed by atoms with Gasteiger partial charge in [0.25, 0.3) is 0 Å². The SMILES string of the molecule is COc1ccccc1-c1cc2c(cc1Br)CC(C)N(C(C)=O)N=C2. The average Bonchev–Trinajstić information content (AvgIpc) is 2.72. The molecule has 0 N–H and O–H groups in total. The molecule has 3 rings (SSSR count). The number of rotatable bonds is 2. The molecule has 1 aliphatic rings. The van der Waals surface area contributed by atoms with Gasteiger partial charge in [0.2, 0.25) is 5.91 Å². The monoisotopic (exact) mass is 386 g/mol. The van der Waals surface area contributed by atoms with Gasteiger partial charge in [-0.05, 0) is 42.7 Å². The molecule has 4 nitrogen and oxygen atoms in total. The van der Waals surface area contributed by atoms with Crippen molar-refractivity contribution in [1.29, 1.82) is 0 Å². The fourth-order valence-electron chi connectivity index (χ4n) is 3.04. The number of para-hydroxylation sites is 1. The molecule has 1 aliphatic heterocycles. The summed E-state index contributed by atoms with van der Waals surface area (Å²) in [6.45, 7) is 3.55. The van der Waals surface area contributed by atoms with Crippen LogP contribution in [0.25, 0.3) is 11.1 Å². The van der Waals surface area contributed by atoms with Gasteiger partial charge in [0.15, 0.2) is 0 Å². The molecule has 1 unspecified atom stereocenters. The highest BCUT2D eigenvalue weighted by Crippen LogP contribution is 2.37. The van der Waals surface area contributed by atoms with Crippen molar-refractivity contribution >= 4 is 28.1 Å². The molecule has 1 atom stereocenters. The molecule has 0 bridgehead atoms. The maximum atomic E-state index is 11.7. The van der Waals surface area contributed by atoms with E-state index in [9.17, 15) is 4.79 Å². The lowest BCUT2D eigenvalue weighted by Gasteiger charge is -2.21. The summed E-state index contributed by atoms with van der Waals surface area (Å²) in [7, 11) is 1.67. The number of benzene rings is 2. The molecule has 0 aliphatic carbocycles. The first-order chi connectivity index (χ1) is 11.5. The van der Waals surface area contributed by atoms with Gasteiger partial charge in [-0.3, -0.25) is 4.79 Å². The van der Waals surface area contributed by atoms with E-state index in [1.165, 1.54) is 10.6 Å². The molecule has 2 aromatic carbocycles. The van der Waals surface area contributed by atoms with Crippen molar-refractivity contribution < 1.29 is 9.53 Å². The lowest BCUT2D eigenvalue weighted by atomic mass is 9.96. The highest BCUT2D eigenvalue weighted by atomic mass is 79.9. The lowest BCUT2D eigenvalue weighted by Crippen LogP contribution is -2.33. The Morgan fingerprint density at radius 3 is 2.75 bits per heavy atom. The summed E-state index contributed by atoms with van der Waals surface area (Å²) >= 11 is 3.68. The van der Waals surface area contributed by atoms with E-state index in [1.807, 2.05) is 31.2 Å². The van der Waals surface area contributed by atoms with Crippen LogP contribution in [-0.4, -0.2) is 30.3 Å². The van der Waals surface area contributed by atoms with Gasteiger partial charge in [-0.1, -0.05) is 34.1 Å². The number of carbonyl (C=O) groups excluding carboxylic acids is 1. The van der Waals surface area contributed by atoms with Crippen LogP contribution < -0.4 is 4.74 Å². The zero-order chi connectivity index (χ0) is 17.3. The third-order valence-electron chi connectivity index (χ3n) is 4.20. The number of hydrazone groups is 1. The molecule has 0 saturated carbocycles. The van der Waals surface area contributed by atoms with E-state index in [0.29, 0.717) is 0 Å². The molecule has 0 aromatic heterocycles. The van der Waals surface area contributed by atoms with Crippen LogP contribution in [0.4, 0.5) is 0 Å². The first-order valence-corrected chi connectivity index (χ1v) is 8.60. The summed E-state index contributed by atoms with van der Waals surface area (Å²) in [5, 5.41) is 5.90. The summed E-state index contributed by atoms with van der Waals surface area (Å²) in [6.07, 6.45) is 2.53. The minimum atomic E-state index is -0.0458. The quantitative estimate of drug-likeness (QED) is 0.773. The van der Waals surface area contributed by atoms with Gasteiger partial charge >= 0.3 is 0 Å². The van der Waals surface area contributed by atoms with E-state index >= 15 is 0 Å². The number of carbonyl (C=O) groups is 1. The lowest BCUT2D eigenvalue weighted by molar-refractivity contribution is -0.130. The van der Waals surface area contributed by atoms with Gasteiger partial charge in [0, 0.05) is 22.5 Å². The molecule has 1 amide bonds. The van der Waals surface area contributed by atoms with Crippen molar-refractivity contribution in [2.75, 3.05) is 7.11 Å². The Balaban J connectivity index is 2.11. The molecule has 0 spiro atoms. The Morgan fingerprint density at radius 2 is 2.04 bits per heavy atom. The van der Waals surface area contributed by atoms with Gasteiger partial charge in [-0.15, -0.1) is 0 Å². The van der Waals surface area contributed by atoms with E-state index < -0.39 is 0 Å². The van der Waals surface area contributed by atoms with Crippen molar-refractivity contribution in [2.24, 2.45) is 5.10 Å². The van der Waals surface area contributed by atoms with Gasteiger partial charge in [-0.25, -0.2) is 5.01 Å². The van der Waals surface area contributed by atoms with E-state index in [4.69, 9.17) is 4.74 Å². The Kier molecular flexibility index (Phi) is 4.71. The molecule has 0 fully saturated rings. The van der Waals surface area contributed by atoms with Gasteiger partial charge < -0.3 is 4.74 Å². The molecular weight excluding hydrogens is 368 g/mol. The largest absolute Gasteiger partial charge is 0.496 e. The summed E-state index contributed by atoms with van der Waals surface area (Å²) in [6, 6.07) is 12.2. The Bertz CT molecular complexity index is 817. The van der Waals surface area contributed by atoms with E-state index in [1.54, 1.807) is 20.2 Å². The van der Waals surface area contributed by atoms with Gasteiger partial charge in [0.1, 0.15) is 5.75 Å². The third-order valence-corrected chi connectivity index (χ3v) is 4.86. The van der Waals surface area contributed by atoms with Gasteiger partial charge in [0.05, 0.1) is 19.4 Å². The smallest absolute Gasteiger partial charge is 0.239 e. The fourth-order valence-corrected chi connectivity index (χ4v) is 3.64. The second-order valence-corrected chi connectivity index (χ2v) is 6.75. The summed E-state index contributed by atoms with van der Waals surface area (Å²) in [5.74, 6) is 0.776. The second kappa shape index (κ2) is 6.77. The topological polar surface area (TPSA) is 41.9 Å².